The summed E-state index contributed by atoms with van der Waals surface area (Å²) in [6, 6.07) is 5.75. The third kappa shape index (κ3) is 2.20. The summed E-state index contributed by atoms with van der Waals surface area (Å²) in [6.07, 6.45) is 5.46. The van der Waals surface area contributed by atoms with Crippen LogP contribution in [0.4, 0.5) is 5.69 Å². The van der Waals surface area contributed by atoms with Crippen LogP contribution in [0.3, 0.4) is 0 Å². The molecule has 2 bridgehead atoms. The lowest BCUT2D eigenvalue weighted by molar-refractivity contribution is 0.363. The number of fused-ring (bicyclic) bond motifs is 2. The Hall–Kier alpha value is -0.830. The normalized spacial score (nSPS) is 31.7. The zero-order valence-corrected chi connectivity index (χ0v) is 11.7. The minimum Gasteiger partial charge on any atom is -0.399 e. The van der Waals surface area contributed by atoms with Gasteiger partial charge in [0.25, 0.3) is 0 Å². The molecule has 3 rings (SSSR count). The van der Waals surface area contributed by atoms with Gasteiger partial charge in [-0.3, -0.25) is 4.21 Å². The Labute approximate surface area is 111 Å². The lowest BCUT2D eigenvalue weighted by Crippen LogP contribution is -2.18. The number of aryl methyl sites for hydroxylation is 1. The summed E-state index contributed by atoms with van der Waals surface area (Å²) in [4.78, 5) is 0.942. The first-order chi connectivity index (χ1) is 8.63. The number of hydrogen-bond donors (Lipinski definition) is 1. The summed E-state index contributed by atoms with van der Waals surface area (Å²) < 4.78 is 12.5. The number of nitrogens with two attached hydrogens (primary N) is 1. The number of rotatable bonds is 3. The van der Waals surface area contributed by atoms with Gasteiger partial charge in [0.15, 0.2) is 0 Å². The van der Waals surface area contributed by atoms with E-state index in [1.807, 2.05) is 25.1 Å². The van der Waals surface area contributed by atoms with Gasteiger partial charge in [0, 0.05) is 16.3 Å². The van der Waals surface area contributed by atoms with Crippen molar-refractivity contribution in [1.82, 2.24) is 0 Å². The Balaban J connectivity index is 1.73. The highest BCUT2D eigenvalue weighted by Gasteiger charge is 2.40. The molecule has 0 amide bonds. The molecule has 0 heterocycles. The standard InChI is InChI=1S/C15H21NOS/c1-10-2-5-14(16)8-15(10)18(17)9-13-7-11-3-4-12(13)6-11/h2,5,8,11-13H,3-4,6-7,9,16H2,1H3. The van der Waals surface area contributed by atoms with Crippen LogP contribution in [0.25, 0.3) is 0 Å². The first-order valence-electron chi connectivity index (χ1n) is 6.88. The van der Waals surface area contributed by atoms with Crippen molar-refractivity contribution < 1.29 is 4.21 Å². The monoisotopic (exact) mass is 263 g/mol. The molecule has 2 N–H and O–H groups in total. The summed E-state index contributed by atoms with van der Waals surface area (Å²) in [5, 5.41) is 0. The van der Waals surface area contributed by atoms with E-state index in [4.69, 9.17) is 5.73 Å². The highest BCUT2D eigenvalue weighted by molar-refractivity contribution is 7.85. The minimum absolute atomic E-state index is 0.686. The van der Waals surface area contributed by atoms with Crippen LogP contribution in [0, 0.1) is 24.7 Å². The van der Waals surface area contributed by atoms with Crippen molar-refractivity contribution in [2.45, 2.75) is 37.5 Å². The molecule has 4 atom stereocenters. The zero-order chi connectivity index (χ0) is 12.7. The van der Waals surface area contributed by atoms with Crippen LogP contribution in [-0.2, 0) is 10.8 Å². The molecule has 98 valence electrons. The van der Waals surface area contributed by atoms with E-state index in [-0.39, 0.29) is 0 Å². The first kappa shape index (κ1) is 12.2. The summed E-state index contributed by atoms with van der Waals surface area (Å²) in [5.41, 5.74) is 7.62. The van der Waals surface area contributed by atoms with E-state index in [0.717, 1.165) is 33.7 Å². The SMILES string of the molecule is Cc1ccc(N)cc1S(=O)CC1CC2CCC1C2. The largest absolute Gasteiger partial charge is 0.399 e. The second-order valence-corrected chi connectivity index (χ2v) is 7.44. The van der Waals surface area contributed by atoms with Gasteiger partial charge >= 0.3 is 0 Å². The van der Waals surface area contributed by atoms with Gasteiger partial charge in [0.1, 0.15) is 0 Å². The van der Waals surface area contributed by atoms with Crippen LogP contribution in [0.15, 0.2) is 23.1 Å². The molecular weight excluding hydrogens is 242 g/mol. The topological polar surface area (TPSA) is 43.1 Å². The van der Waals surface area contributed by atoms with E-state index < -0.39 is 10.8 Å². The Morgan fingerprint density at radius 1 is 1.33 bits per heavy atom. The second kappa shape index (κ2) is 4.69. The Kier molecular flexibility index (Phi) is 3.18. The fourth-order valence-electron chi connectivity index (χ4n) is 3.73. The van der Waals surface area contributed by atoms with Crippen molar-refractivity contribution in [2.75, 3.05) is 11.5 Å². The van der Waals surface area contributed by atoms with Crippen LogP contribution in [0.2, 0.25) is 0 Å². The summed E-state index contributed by atoms with van der Waals surface area (Å²) in [7, 11) is -0.877. The van der Waals surface area contributed by atoms with E-state index in [0.29, 0.717) is 5.92 Å². The molecule has 0 aliphatic heterocycles. The molecule has 0 radical (unpaired) electrons. The van der Waals surface area contributed by atoms with Crippen LogP contribution >= 0.6 is 0 Å². The summed E-state index contributed by atoms with van der Waals surface area (Å²) >= 11 is 0. The maximum atomic E-state index is 12.5. The van der Waals surface area contributed by atoms with E-state index in [1.54, 1.807) is 0 Å². The maximum absolute atomic E-state index is 12.5. The molecule has 2 nitrogen and oxygen atoms in total. The van der Waals surface area contributed by atoms with Crippen molar-refractivity contribution >= 4 is 16.5 Å². The average molecular weight is 263 g/mol. The van der Waals surface area contributed by atoms with Gasteiger partial charge in [-0.2, -0.15) is 0 Å². The lowest BCUT2D eigenvalue weighted by atomic mass is 9.90. The molecule has 2 fully saturated rings. The van der Waals surface area contributed by atoms with Crippen molar-refractivity contribution in [1.29, 1.82) is 0 Å². The molecule has 1 aromatic carbocycles. The van der Waals surface area contributed by atoms with Crippen molar-refractivity contribution in [3.05, 3.63) is 23.8 Å². The summed E-state index contributed by atoms with van der Waals surface area (Å²) in [5.74, 6) is 3.30. The fraction of sp³-hybridized carbons (Fsp3) is 0.600. The predicted molar refractivity (Wildman–Crippen MR) is 75.8 cm³/mol. The molecule has 3 heteroatoms. The molecule has 0 saturated heterocycles. The van der Waals surface area contributed by atoms with E-state index in [2.05, 4.69) is 0 Å². The minimum atomic E-state index is -0.877. The summed E-state index contributed by atoms with van der Waals surface area (Å²) in [6.45, 7) is 2.02. The molecule has 0 spiro atoms. The Morgan fingerprint density at radius 3 is 2.83 bits per heavy atom. The Morgan fingerprint density at radius 2 is 2.17 bits per heavy atom. The molecule has 18 heavy (non-hydrogen) atoms. The van der Waals surface area contributed by atoms with Gasteiger partial charge < -0.3 is 5.73 Å². The maximum Gasteiger partial charge on any atom is 0.0535 e. The van der Waals surface area contributed by atoms with Gasteiger partial charge in [-0.15, -0.1) is 0 Å². The molecule has 1 aromatic rings. The van der Waals surface area contributed by atoms with Crippen LogP contribution in [0.1, 0.15) is 31.2 Å². The number of anilines is 1. The Bertz CT molecular complexity index is 485. The average Bonchev–Trinajstić information content (AvgIpc) is 2.94. The molecule has 2 aliphatic carbocycles. The molecule has 0 aromatic heterocycles. The van der Waals surface area contributed by atoms with Crippen LogP contribution < -0.4 is 5.73 Å². The third-order valence-corrected chi connectivity index (χ3v) is 6.37. The van der Waals surface area contributed by atoms with Gasteiger partial charge in [-0.25, -0.2) is 0 Å². The van der Waals surface area contributed by atoms with Gasteiger partial charge in [-0.05, 0) is 61.6 Å². The molecule has 2 saturated carbocycles. The smallest absolute Gasteiger partial charge is 0.0535 e. The zero-order valence-electron chi connectivity index (χ0n) is 10.9. The van der Waals surface area contributed by atoms with Gasteiger partial charge in [0.2, 0.25) is 0 Å². The van der Waals surface area contributed by atoms with Crippen LogP contribution in [0.5, 0.6) is 0 Å². The van der Waals surface area contributed by atoms with Crippen molar-refractivity contribution in [2.24, 2.45) is 17.8 Å². The second-order valence-electron chi connectivity index (χ2n) is 5.97. The lowest BCUT2D eigenvalue weighted by Gasteiger charge is -2.21. The first-order valence-corrected chi connectivity index (χ1v) is 8.20. The van der Waals surface area contributed by atoms with Gasteiger partial charge in [-0.1, -0.05) is 12.5 Å². The number of nitrogen functional groups attached to an aromatic ring is 1. The number of benzene rings is 1. The van der Waals surface area contributed by atoms with E-state index in [1.165, 1.54) is 25.7 Å². The van der Waals surface area contributed by atoms with Crippen LogP contribution in [-0.4, -0.2) is 9.96 Å². The number of hydrogen-bond acceptors (Lipinski definition) is 2. The van der Waals surface area contributed by atoms with Crippen molar-refractivity contribution in [3.63, 3.8) is 0 Å². The molecule has 2 aliphatic rings. The predicted octanol–water partition coefficient (Wildman–Crippen LogP) is 3.12. The molecular formula is C15H21NOS. The van der Waals surface area contributed by atoms with E-state index >= 15 is 0 Å². The molecule has 4 unspecified atom stereocenters. The van der Waals surface area contributed by atoms with Crippen molar-refractivity contribution in [3.8, 4) is 0 Å². The van der Waals surface area contributed by atoms with Gasteiger partial charge in [0.05, 0.1) is 10.8 Å². The fourth-order valence-corrected chi connectivity index (χ4v) is 5.40. The highest BCUT2D eigenvalue weighted by Crippen LogP contribution is 2.48. The highest BCUT2D eigenvalue weighted by atomic mass is 32.2. The third-order valence-electron chi connectivity index (χ3n) is 4.71. The van der Waals surface area contributed by atoms with E-state index in [9.17, 15) is 4.21 Å². The quantitative estimate of drug-likeness (QED) is 0.851.